The molecule has 0 aliphatic carbocycles. The molecule has 0 aromatic heterocycles. The number of nitrogens with zero attached hydrogens (tertiary/aromatic N) is 1. The van der Waals surface area contributed by atoms with Gasteiger partial charge in [-0.05, 0) is 36.2 Å². The number of hydrogen-bond donors (Lipinski definition) is 1. The zero-order valence-corrected chi connectivity index (χ0v) is 16.0. The summed E-state index contributed by atoms with van der Waals surface area (Å²) >= 11 is 3.51. The molecule has 1 aliphatic heterocycles. The van der Waals surface area contributed by atoms with E-state index in [1.165, 1.54) is 7.11 Å². The normalized spacial score (nSPS) is 14.1. The number of benzene rings is 2. The summed E-state index contributed by atoms with van der Waals surface area (Å²) in [6.45, 7) is 2.32. The molecule has 3 rings (SSSR count). The Morgan fingerprint density at radius 3 is 2.69 bits per heavy atom. The number of methoxy groups -OCH3 is 1. The lowest BCUT2D eigenvalue weighted by molar-refractivity contribution is -0.137. The molecule has 1 heterocycles. The second-order valence-electron chi connectivity index (χ2n) is 6.08. The van der Waals surface area contributed by atoms with E-state index in [-0.39, 0.29) is 23.7 Å². The molecule has 2 aromatic rings. The Labute approximate surface area is 160 Å². The number of esters is 1. The molecule has 0 atom stereocenters. The minimum absolute atomic E-state index is 0.0301. The van der Waals surface area contributed by atoms with Gasteiger partial charge in [-0.1, -0.05) is 40.2 Å². The van der Waals surface area contributed by atoms with Crippen LogP contribution in [0.25, 0.3) is 5.76 Å². The molecular weight excluding hydrogens is 398 g/mol. The maximum atomic E-state index is 12.9. The number of halogens is 1. The van der Waals surface area contributed by atoms with Crippen LogP contribution in [0.2, 0.25) is 0 Å². The van der Waals surface area contributed by atoms with Gasteiger partial charge in [0.05, 0.1) is 31.3 Å². The van der Waals surface area contributed by atoms with Crippen LogP contribution in [-0.2, 0) is 20.9 Å². The summed E-state index contributed by atoms with van der Waals surface area (Å²) in [6, 6.07) is 12.9. The lowest BCUT2D eigenvalue weighted by atomic mass is 10.1. The Balaban J connectivity index is 2.06. The molecule has 6 heteroatoms. The lowest BCUT2D eigenvalue weighted by Gasteiger charge is -2.23. The van der Waals surface area contributed by atoms with Crippen molar-refractivity contribution in [1.82, 2.24) is 0 Å². The topological polar surface area (TPSA) is 66.8 Å². The maximum absolute atomic E-state index is 12.9. The Morgan fingerprint density at radius 1 is 1.27 bits per heavy atom. The second kappa shape index (κ2) is 7.33. The molecule has 5 nitrogen and oxygen atoms in total. The highest BCUT2D eigenvalue weighted by Crippen LogP contribution is 2.34. The summed E-state index contributed by atoms with van der Waals surface area (Å²) in [6.07, 6.45) is -0.222. The molecule has 2 aromatic carbocycles. The molecule has 1 N–H and O–H groups in total. The summed E-state index contributed by atoms with van der Waals surface area (Å²) in [5, 5.41) is 10.6. The van der Waals surface area contributed by atoms with E-state index in [1.54, 1.807) is 29.2 Å². The summed E-state index contributed by atoms with van der Waals surface area (Å²) in [5.41, 5.74) is 3.00. The average Bonchev–Trinajstić information content (AvgIpc) is 2.74. The Kier molecular flexibility index (Phi) is 5.13. The van der Waals surface area contributed by atoms with Crippen LogP contribution in [-0.4, -0.2) is 24.1 Å². The van der Waals surface area contributed by atoms with Crippen molar-refractivity contribution in [3.63, 3.8) is 0 Å². The molecule has 26 heavy (non-hydrogen) atoms. The van der Waals surface area contributed by atoms with E-state index in [1.807, 2.05) is 25.1 Å². The molecule has 0 unspecified atom stereocenters. The van der Waals surface area contributed by atoms with E-state index in [2.05, 4.69) is 15.9 Å². The molecule has 0 spiro atoms. The van der Waals surface area contributed by atoms with Crippen LogP contribution in [0.15, 0.2) is 52.5 Å². The number of fused-ring (bicyclic) bond motifs is 1. The summed E-state index contributed by atoms with van der Waals surface area (Å²) in [5.74, 6) is -1.20. The standard InChI is InChI=1S/C20H18BrNO4/c1-12-7-8-13(9-16(12)21)11-22-17-6-4-3-5-14(17)19(24)15(10-18(22)23)20(25)26-2/h3-9,24H,10-11H2,1-2H3. The highest BCUT2D eigenvalue weighted by Gasteiger charge is 2.31. The van der Waals surface area contributed by atoms with Crippen molar-refractivity contribution < 1.29 is 19.4 Å². The fourth-order valence-electron chi connectivity index (χ4n) is 2.92. The predicted octanol–water partition coefficient (Wildman–Crippen LogP) is 4.14. The Hall–Kier alpha value is -2.60. The zero-order chi connectivity index (χ0) is 18.8. The van der Waals surface area contributed by atoms with Crippen molar-refractivity contribution in [2.75, 3.05) is 12.0 Å². The van der Waals surface area contributed by atoms with Crippen LogP contribution < -0.4 is 4.90 Å². The zero-order valence-electron chi connectivity index (χ0n) is 14.5. The number of ether oxygens (including phenoxy) is 1. The monoisotopic (exact) mass is 415 g/mol. The highest BCUT2D eigenvalue weighted by molar-refractivity contribution is 9.10. The Bertz CT molecular complexity index is 920. The summed E-state index contributed by atoms with van der Waals surface area (Å²) in [4.78, 5) is 26.5. The number of amides is 1. The number of carbonyl (C=O) groups excluding carboxylic acids is 2. The van der Waals surface area contributed by atoms with Gasteiger partial charge in [-0.15, -0.1) is 0 Å². The van der Waals surface area contributed by atoms with Crippen LogP contribution in [0.4, 0.5) is 5.69 Å². The molecule has 0 bridgehead atoms. The number of hydrogen-bond acceptors (Lipinski definition) is 4. The third kappa shape index (κ3) is 3.37. The van der Waals surface area contributed by atoms with Gasteiger partial charge in [0.2, 0.25) is 5.91 Å². The van der Waals surface area contributed by atoms with Gasteiger partial charge in [0.15, 0.2) is 0 Å². The first-order valence-electron chi connectivity index (χ1n) is 8.07. The molecule has 0 saturated heterocycles. The van der Waals surface area contributed by atoms with E-state index in [9.17, 15) is 14.7 Å². The fraction of sp³-hybridized carbons (Fsp3) is 0.200. The van der Waals surface area contributed by atoms with Crippen molar-refractivity contribution in [2.24, 2.45) is 0 Å². The Morgan fingerprint density at radius 2 is 2.00 bits per heavy atom. The first-order valence-corrected chi connectivity index (χ1v) is 8.87. The smallest absolute Gasteiger partial charge is 0.338 e. The van der Waals surface area contributed by atoms with Gasteiger partial charge >= 0.3 is 5.97 Å². The van der Waals surface area contributed by atoms with Gasteiger partial charge in [-0.3, -0.25) is 4.79 Å². The SMILES string of the molecule is COC(=O)C1=C(O)c2ccccc2N(Cc2ccc(C)c(Br)c2)C(=O)C1. The van der Waals surface area contributed by atoms with Gasteiger partial charge in [0.1, 0.15) is 5.76 Å². The van der Waals surface area contributed by atoms with E-state index in [0.29, 0.717) is 17.8 Å². The average molecular weight is 416 g/mol. The fourth-order valence-corrected chi connectivity index (χ4v) is 3.35. The quantitative estimate of drug-likeness (QED) is 0.764. The van der Waals surface area contributed by atoms with E-state index >= 15 is 0 Å². The third-order valence-corrected chi connectivity index (χ3v) is 5.23. The number of aliphatic hydroxyl groups excluding tert-OH is 1. The first kappa shape index (κ1) is 18.2. The van der Waals surface area contributed by atoms with Crippen LogP contribution >= 0.6 is 15.9 Å². The molecular formula is C20H18BrNO4. The summed E-state index contributed by atoms with van der Waals surface area (Å²) < 4.78 is 5.69. The van der Waals surface area contributed by atoms with Crippen molar-refractivity contribution in [3.8, 4) is 0 Å². The van der Waals surface area contributed by atoms with Gasteiger partial charge in [0, 0.05) is 10.0 Å². The lowest BCUT2D eigenvalue weighted by Crippen LogP contribution is -2.30. The molecule has 1 amide bonds. The number of aliphatic hydroxyl groups is 1. The number of para-hydroxylation sites is 1. The van der Waals surface area contributed by atoms with Gasteiger partial charge in [0.25, 0.3) is 0 Å². The van der Waals surface area contributed by atoms with E-state index < -0.39 is 5.97 Å². The molecule has 134 valence electrons. The number of aryl methyl sites for hydroxylation is 1. The summed E-state index contributed by atoms with van der Waals surface area (Å²) in [7, 11) is 1.23. The van der Waals surface area contributed by atoms with Crippen molar-refractivity contribution in [3.05, 3.63) is 69.2 Å². The molecule has 0 radical (unpaired) electrons. The maximum Gasteiger partial charge on any atom is 0.338 e. The van der Waals surface area contributed by atoms with Gasteiger partial charge in [-0.2, -0.15) is 0 Å². The van der Waals surface area contributed by atoms with Crippen LogP contribution in [0.1, 0.15) is 23.1 Å². The van der Waals surface area contributed by atoms with Crippen LogP contribution in [0, 0.1) is 6.92 Å². The van der Waals surface area contributed by atoms with Crippen molar-refractivity contribution in [1.29, 1.82) is 0 Å². The van der Waals surface area contributed by atoms with Crippen LogP contribution in [0.5, 0.6) is 0 Å². The minimum Gasteiger partial charge on any atom is -0.507 e. The first-order chi connectivity index (χ1) is 12.4. The van der Waals surface area contributed by atoms with Crippen LogP contribution in [0.3, 0.4) is 0 Å². The second-order valence-corrected chi connectivity index (χ2v) is 6.93. The number of rotatable bonds is 3. The predicted molar refractivity (Wildman–Crippen MR) is 103 cm³/mol. The number of anilines is 1. The number of carbonyl (C=O) groups is 2. The molecule has 0 fully saturated rings. The van der Waals surface area contributed by atoms with E-state index in [4.69, 9.17) is 4.74 Å². The third-order valence-electron chi connectivity index (χ3n) is 4.37. The minimum atomic E-state index is -0.703. The van der Waals surface area contributed by atoms with Crippen molar-refractivity contribution >= 4 is 39.3 Å². The van der Waals surface area contributed by atoms with Gasteiger partial charge in [-0.25, -0.2) is 4.79 Å². The highest BCUT2D eigenvalue weighted by atomic mass is 79.9. The van der Waals surface area contributed by atoms with E-state index in [0.717, 1.165) is 15.6 Å². The molecule has 1 aliphatic rings. The largest absolute Gasteiger partial charge is 0.507 e. The van der Waals surface area contributed by atoms with Crippen molar-refractivity contribution in [2.45, 2.75) is 19.9 Å². The van der Waals surface area contributed by atoms with Gasteiger partial charge < -0.3 is 14.7 Å². The molecule has 0 saturated carbocycles.